The standard InChI is InChI=1S/C41H39N3/c1-26-12-11-15-34-35-25-31(30-13-9-8-10-14-30)16-19-37(35)44(39(26)34)36-18-17-32(22-27(36)2)40-42-20-21-43(40)38-28(3)23-33(24-29(38)4)41(5,6)7/h8-25H,1-7H3. The highest BCUT2D eigenvalue weighted by Gasteiger charge is 2.20. The summed E-state index contributed by atoms with van der Waals surface area (Å²) < 4.78 is 4.70. The molecular formula is C41H39N3. The molecule has 0 unspecified atom stereocenters. The molecule has 5 aromatic carbocycles. The summed E-state index contributed by atoms with van der Waals surface area (Å²) >= 11 is 0. The zero-order valence-corrected chi connectivity index (χ0v) is 26.7. The highest BCUT2D eigenvalue weighted by molar-refractivity contribution is 6.11. The van der Waals surface area contributed by atoms with E-state index in [1.54, 1.807) is 0 Å². The fourth-order valence-corrected chi connectivity index (χ4v) is 6.81. The van der Waals surface area contributed by atoms with Crippen LogP contribution in [0.3, 0.4) is 0 Å². The van der Waals surface area contributed by atoms with E-state index in [1.165, 1.54) is 72.1 Å². The van der Waals surface area contributed by atoms with Crippen molar-refractivity contribution in [2.75, 3.05) is 0 Å². The average Bonchev–Trinajstić information content (AvgIpc) is 3.60. The highest BCUT2D eigenvalue weighted by Crippen LogP contribution is 2.38. The molecule has 0 fully saturated rings. The molecule has 7 rings (SSSR count). The summed E-state index contributed by atoms with van der Waals surface area (Å²) in [6, 6.07) is 35.6. The van der Waals surface area contributed by atoms with Gasteiger partial charge in [-0.25, -0.2) is 4.98 Å². The molecule has 44 heavy (non-hydrogen) atoms. The number of hydrogen-bond acceptors (Lipinski definition) is 1. The second-order valence-corrected chi connectivity index (χ2v) is 13.2. The van der Waals surface area contributed by atoms with Gasteiger partial charge in [0.2, 0.25) is 0 Å². The number of nitrogens with zero attached hydrogens (tertiary/aromatic N) is 3. The molecule has 3 heteroatoms. The van der Waals surface area contributed by atoms with Crippen LogP contribution in [0.2, 0.25) is 0 Å². The van der Waals surface area contributed by atoms with Crippen molar-refractivity contribution in [2.24, 2.45) is 0 Å². The predicted molar refractivity (Wildman–Crippen MR) is 186 cm³/mol. The van der Waals surface area contributed by atoms with Crippen LogP contribution < -0.4 is 0 Å². The number of hydrogen-bond donors (Lipinski definition) is 0. The number of benzene rings is 5. The molecule has 0 aliphatic carbocycles. The van der Waals surface area contributed by atoms with Gasteiger partial charge in [0.25, 0.3) is 0 Å². The summed E-state index contributed by atoms with van der Waals surface area (Å²) in [4.78, 5) is 4.86. The minimum Gasteiger partial charge on any atom is -0.309 e. The van der Waals surface area contributed by atoms with Crippen molar-refractivity contribution in [2.45, 2.75) is 53.9 Å². The number of imidazole rings is 1. The van der Waals surface area contributed by atoms with Gasteiger partial charge >= 0.3 is 0 Å². The van der Waals surface area contributed by atoms with Crippen LogP contribution in [0.5, 0.6) is 0 Å². The predicted octanol–water partition coefficient (Wildman–Crippen LogP) is 10.8. The Balaban J connectivity index is 1.37. The zero-order chi connectivity index (χ0) is 30.7. The van der Waals surface area contributed by atoms with Crippen molar-refractivity contribution in [1.82, 2.24) is 14.1 Å². The molecule has 0 saturated heterocycles. The van der Waals surface area contributed by atoms with Gasteiger partial charge in [-0.05, 0) is 102 Å². The van der Waals surface area contributed by atoms with Crippen molar-refractivity contribution >= 4 is 21.8 Å². The number of fused-ring (bicyclic) bond motifs is 3. The lowest BCUT2D eigenvalue weighted by atomic mass is 9.84. The molecular weight excluding hydrogens is 534 g/mol. The normalized spacial score (nSPS) is 12.0. The van der Waals surface area contributed by atoms with Crippen molar-refractivity contribution in [1.29, 1.82) is 0 Å². The van der Waals surface area contributed by atoms with Gasteiger partial charge in [-0.15, -0.1) is 0 Å². The minimum absolute atomic E-state index is 0.104. The topological polar surface area (TPSA) is 22.8 Å². The van der Waals surface area contributed by atoms with E-state index < -0.39 is 0 Å². The first-order valence-electron chi connectivity index (χ1n) is 15.5. The first kappa shape index (κ1) is 27.9. The van der Waals surface area contributed by atoms with Crippen LogP contribution in [-0.4, -0.2) is 14.1 Å². The molecule has 0 spiro atoms. The van der Waals surface area contributed by atoms with Gasteiger partial charge in [0.05, 0.1) is 16.7 Å². The second kappa shape index (κ2) is 10.4. The Morgan fingerprint density at radius 1 is 0.591 bits per heavy atom. The van der Waals surface area contributed by atoms with Crippen LogP contribution in [0.4, 0.5) is 0 Å². The van der Waals surface area contributed by atoms with E-state index in [1.807, 2.05) is 6.20 Å². The van der Waals surface area contributed by atoms with E-state index >= 15 is 0 Å². The Morgan fingerprint density at radius 3 is 2.02 bits per heavy atom. The quantitative estimate of drug-likeness (QED) is 0.205. The Morgan fingerprint density at radius 2 is 1.32 bits per heavy atom. The Bertz CT molecular complexity index is 2160. The van der Waals surface area contributed by atoms with Crippen LogP contribution in [0, 0.1) is 27.7 Å². The third kappa shape index (κ3) is 4.55. The maximum atomic E-state index is 4.86. The maximum absolute atomic E-state index is 4.86. The number of aromatic nitrogens is 3. The van der Waals surface area contributed by atoms with E-state index in [-0.39, 0.29) is 5.41 Å². The Hall–Kier alpha value is -4.89. The monoisotopic (exact) mass is 573 g/mol. The lowest BCUT2D eigenvalue weighted by Gasteiger charge is -2.23. The molecule has 2 heterocycles. The van der Waals surface area contributed by atoms with Gasteiger partial charge in [0.15, 0.2) is 0 Å². The zero-order valence-electron chi connectivity index (χ0n) is 26.7. The van der Waals surface area contributed by atoms with Crippen molar-refractivity contribution in [3.8, 4) is 33.9 Å². The van der Waals surface area contributed by atoms with Crippen molar-refractivity contribution < 1.29 is 0 Å². The van der Waals surface area contributed by atoms with Gasteiger partial charge in [0, 0.05) is 34.4 Å². The summed E-state index contributed by atoms with van der Waals surface area (Å²) in [5.74, 6) is 0.959. The molecule has 7 aromatic rings. The van der Waals surface area contributed by atoms with E-state index in [0.717, 1.165) is 11.4 Å². The van der Waals surface area contributed by atoms with E-state index in [0.29, 0.717) is 0 Å². The largest absolute Gasteiger partial charge is 0.309 e. The molecule has 0 atom stereocenters. The maximum Gasteiger partial charge on any atom is 0.144 e. The smallest absolute Gasteiger partial charge is 0.144 e. The number of rotatable bonds is 4. The Labute approximate surface area is 260 Å². The molecule has 0 aliphatic rings. The molecule has 3 nitrogen and oxygen atoms in total. The molecule has 218 valence electrons. The summed E-state index contributed by atoms with van der Waals surface area (Å²) in [5.41, 5.74) is 14.9. The summed E-state index contributed by atoms with van der Waals surface area (Å²) in [7, 11) is 0. The summed E-state index contributed by atoms with van der Waals surface area (Å²) in [5, 5.41) is 2.55. The van der Waals surface area contributed by atoms with E-state index in [9.17, 15) is 0 Å². The van der Waals surface area contributed by atoms with Crippen LogP contribution >= 0.6 is 0 Å². The van der Waals surface area contributed by atoms with Crippen LogP contribution in [0.15, 0.2) is 109 Å². The molecule has 2 aromatic heterocycles. The second-order valence-electron chi connectivity index (χ2n) is 13.2. The molecule has 0 aliphatic heterocycles. The molecule has 0 bridgehead atoms. The van der Waals surface area contributed by atoms with Gasteiger partial charge in [-0.3, -0.25) is 4.57 Å². The van der Waals surface area contributed by atoms with Gasteiger partial charge in [0.1, 0.15) is 5.82 Å². The summed E-state index contributed by atoms with van der Waals surface area (Å²) in [6.07, 6.45) is 4.00. The van der Waals surface area contributed by atoms with E-state index in [4.69, 9.17) is 4.98 Å². The van der Waals surface area contributed by atoms with Crippen molar-refractivity contribution in [3.63, 3.8) is 0 Å². The molecule has 0 N–H and O–H groups in total. The Kier molecular flexibility index (Phi) is 6.58. The van der Waals surface area contributed by atoms with Gasteiger partial charge in [-0.2, -0.15) is 0 Å². The number of para-hydroxylation sites is 1. The lowest BCUT2D eigenvalue weighted by Crippen LogP contribution is -2.13. The first-order chi connectivity index (χ1) is 21.1. The van der Waals surface area contributed by atoms with E-state index in [2.05, 4.69) is 161 Å². The molecule has 0 amide bonds. The third-order valence-corrected chi connectivity index (χ3v) is 9.03. The minimum atomic E-state index is 0.104. The SMILES string of the molecule is Cc1cc(-c2nccn2-c2c(C)cc(C(C)(C)C)cc2C)ccc1-n1c2ccc(-c3ccccc3)cc2c2cccc(C)c21. The lowest BCUT2D eigenvalue weighted by molar-refractivity contribution is 0.589. The average molecular weight is 574 g/mol. The van der Waals surface area contributed by atoms with Crippen LogP contribution in [-0.2, 0) is 5.41 Å². The van der Waals surface area contributed by atoms with Crippen LogP contribution in [0.1, 0.15) is 48.6 Å². The molecule has 0 radical (unpaired) electrons. The first-order valence-corrected chi connectivity index (χ1v) is 15.5. The fraction of sp³-hybridized carbons (Fsp3) is 0.195. The van der Waals surface area contributed by atoms with Crippen molar-refractivity contribution in [3.05, 3.63) is 137 Å². The van der Waals surface area contributed by atoms with Gasteiger partial charge < -0.3 is 4.57 Å². The van der Waals surface area contributed by atoms with Gasteiger partial charge in [-0.1, -0.05) is 87.5 Å². The fourth-order valence-electron chi connectivity index (χ4n) is 6.81. The molecule has 0 saturated carbocycles. The third-order valence-electron chi connectivity index (χ3n) is 9.03. The highest BCUT2D eigenvalue weighted by atomic mass is 15.1. The number of aryl methyl sites for hydroxylation is 4. The van der Waals surface area contributed by atoms with Crippen LogP contribution in [0.25, 0.3) is 55.7 Å². The summed E-state index contributed by atoms with van der Waals surface area (Å²) in [6.45, 7) is 15.7.